The number of rotatable bonds is 28. The lowest BCUT2D eigenvalue weighted by atomic mass is 9.80. The highest BCUT2D eigenvalue weighted by atomic mass is 31.2. The molecule has 448 valence electrons. The van der Waals surface area contributed by atoms with Crippen LogP contribution in [0.1, 0.15) is 103 Å². The normalized spacial score (nSPS) is 20.9. The molecule has 2 aliphatic heterocycles. The molecule has 0 spiro atoms. The first-order valence-electron chi connectivity index (χ1n) is 26.8. The quantitative estimate of drug-likeness (QED) is 0.0152. The molecule has 4 aromatic rings. The largest absolute Gasteiger partial charge is 0.497 e. The van der Waals surface area contributed by atoms with E-state index >= 15 is 0 Å². The zero-order valence-electron chi connectivity index (χ0n) is 48.0. The molecule has 2 fully saturated rings. The number of methoxy groups -OCH3 is 4. The Morgan fingerprint density at radius 3 is 1.85 bits per heavy atom. The number of hydrogen-bond acceptors (Lipinski definition) is 21. The summed E-state index contributed by atoms with van der Waals surface area (Å²) in [6, 6.07) is 26.0. The number of nitrogens with zero attached hydrogens (tertiary/aromatic N) is 2. The fourth-order valence-electron chi connectivity index (χ4n) is 9.89. The molecule has 24 nitrogen and oxygen atoms in total. The number of carbonyl (C=O) groups excluding carboxylic acids is 5. The Labute approximate surface area is 477 Å². The Hall–Kier alpha value is -6.76. The summed E-state index contributed by atoms with van der Waals surface area (Å²) in [4.78, 5) is 90.7. The van der Waals surface area contributed by atoms with Crippen molar-refractivity contribution in [1.82, 2.24) is 19.5 Å². The lowest BCUT2D eigenvalue weighted by Gasteiger charge is -2.44. The van der Waals surface area contributed by atoms with Crippen LogP contribution in [0.4, 0.5) is 4.79 Å². The van der Waals surface area contributed by atoms with Crippen molar-refractivity contribution in [3.05, 3.63) is 129 Å². The Morgan fingerprint density at radius 1 is 0.744 bits per heavy atom. The first-order chi connectivity index (χ1) is 39.2. The summed E-state index contributed by atoms with van der Waals surface area (Å²) in [6.07, 6.45) is -7.03. The van der Waals surface area contributed by atoms with Gasteiger partial charge >= 0.3 is 41.4 Å². The molecule has 8 atom stereocenters. The van der Waals surface area contributed by atoms with E-state index in [4.69, 9.17) is 61.2 Å². The topological polar surface area (TPSA) is 275 Å². The second-order valence-corrected chi connectivity index (χ2v) is 21.2. The van der Waals surface area contributed by atoms with Crippen LogP contribution in [-0.2, 0) is 76.5 Å². The molecule has 2 saturated heterocycles. The van der Waals surface area contributed by atoms with E-state index < -0.39 is 111 Å². The second kappa shape index (κ2) is 30.0. The van der Waals surface area contributed by atoms with E-state index in [1.54, 1.807) is 14.2 Å². The number of carbonyl (C=O) groups is 5. The molecule has 82 heavy (non-hydrogen) atoms. The molecule has 3 aromatic carbocycles. The predicted molar refractivity (Wildman–Crippen MR) is 294 cm³/mol. The van der Waals surface area contributed by atoms with Crippen LogP contribution in [0, 0.1) is 0 Å². The van der Waals surface area contributed by atoms with Crippen LogP contribution in [0.25, 0.3) is 0 Å². The number of hydrogen-bond donors (Lipinski definition) is 2. The van der Waals surface area contributed by atoms with Crippen molar-refractivity contribution in [2.24, 2.45) is 0 Å². The number of aromatic nitrogens is 2. The number of benzene rings is 3. The minimum atomic E-state index is -2.44. The maximum absolute atomic E-state index is 13.5. The Kier molecular flexibility index (Phi) is 23.6. The average molecular weight is 1170 g/mol. The Morgan fingerprint density at radius 2 is 1.33 bits per heavy atom. The zero-order valence-corrected chi connectivity index (χ0v) is 48.9. The van der Waals surface area contributed by atoms with Gasteiger partial charge in [-0.3, -0.25) is 28.7 Å². The van der Waals surface area contributed by atoms with Gasteiger partial charge in [0, 0.05) is 58.8 Å². The van der Waals surface area contributed by atoms with Crippen LogP contribution in [0.15, 0.2) is 101 Å². The third-order valence-corrected chi connectivity index (χ3v) is 15.5. The summed E-state index contributed by atoms with van der Waals surface area (Å²) in [7, 11) is 3.85. The first-order valence-corrected chi connectivity index (χ1v) is 27.9. The molecule has 0 bridgehead atoms. The smallest absolute Gasteiger partial charge is 0.409 e. The molecule has 2 aliphatic rings. The summed E-state index contributed by atoms with van der Waals surface area (Å²) in [5.74, 6) is -4.92. The van der Waals surface area contributed by atoms with Gasteiger partial charge in [0.25, 0.3) is 20.4 Å². The van der Waals surface area contributed by atoms with Gasteiger partial charge in [0.15, 0.2) is 12.3 Å². The minimum Gasteiger partial charge on any atom is -0.497 e. The van der Waals surface area contributed by atoms with Gasteiger partial charge in [0.2, 0.25) is 0 Å². The van der Waals surface area contributed by atoms with Gasteiger partial charge in [-0.1, -0.05) is 67.4 Å². The van der Waals surface area contributed by atoms with Gasteiger partial charge in [-0.25, -0.2) is 19.1 Å². The second-order valence-electron chi connectivity index (χ2n) is 19.8. The van der Waals surface area contributed by atoms with Crippen LogP contribution in [-0.4, -0.2) is 147 Å². The van der Waals surface area contributed by atoms with Crippen LogP contribution in [0.5, 0.6) is 11.5 Å². The highest BCUT2D eigenvalue weighted by Gasteiger charge is 2.60. The van der Waals surface area contributed by atoms with E-state index in [9.17, 15) is 33.6 Å². The van der Waals surface area contributed by atoms with Crippen molar-refractivity contribution in [2.75, 3.05) is 48.2 Å². The van der Waals surface area contributed by atoms with Crippen molar-refractivity contribution in [3.63, 3.8) is 0 Å². The zero-order chi connectivity index (χ0) is 59.7. The van der Waals surface area contributed by atoms with E-state index in [0.717, 1.165) is 44.6 Å². The maximum Gasteiger partial charge on any atom is 0.409 e. The van der Waals surface area contributed by atoms with Crippen molar-refractivity contribution >= 4 is 38.5 Å². The summed E-state index contributed by atoms with van der Waals surface area (Å²) >= 11 is 0. The maximum atomic E-state index is 13.5. The van der Waals surface area contributed by atoms with E-state index in [-0.39, 0.29) is 31.8 Å². The molecule has 1 amide bonds. The first kappa shape index (κ1) is 64.4. The van der Waals surface area contributed by atoms with Gasteiger partial charge < -0.3 is 66.5 Å². The number of H-pyrrole nitrogens is 1. The number of aromatic amines is 1. The molecular formula is C57H75N4O20P. The summed E-state index contributed by atoms with van der Waals surface area (Å²) in [6.45, 7) is 11.5. The summed E-state index contributed by atoms with van der Waals surface area (Å²) < 4.78 is 80.6. The van der Waals surface area contributed by atoms with Crippen LogP contribution in [0.2, 0.25) is 0 Å². The minimum absolute atomic E-state index is 0.0719. The third kappa shape index (κ3) is 16.1. The predicted octanol–water partition coefficient (Wildman–Crippen LogP) is 6.55. The molecule has 0 saturated carbocycles. The number of alkyl carbamates (subject to hydrolysis) is 1. The number of esters is 4. The molecule has 1 aromatic heterocycles. The monoisotopic (exact) mass is 1170 g/mol. The number of ether oxygens (including phenoxy) is 11. The lowest BCUT2D eigenvalue weighted by Crippen LogP contribution is -2.63. The molecule has 6 unspecified atom stereocenters. The molecule has 2 N–H and O–H groups in total. The Balaban J connectivity index is 1.20. The Bertz CT molecular complexity index is 2780. The van der Waals surface area contributed by atoms with E-state index in [2.05, 4.69) is 15.0 Å². The molecule has 6 rings (SSSR count). The van der Waals surface area contributed by atoms with Gasteiger partial charge in [0.1, 0.15) is 41.5 Å². The number of amides is 1. The highest BCUT2D eigenvalue weighted by Crippen LogP contribution is 2.51. The van der Waals surface area contributed by atoms with Crippen LogP contribution >= 0.6 is 8.53 Å². The number of unbranched alkanes of at least 4 members (excludes halogenated alkanes) is 3. The van der Waals surface area contributed by atoms with Crippen LogP contribution < -0.4 is 26.0 Å². The van der Waals surface area contributed by atoms with E-state index in [0.29, 0.717) is 37.2 Å². The van der Waals surface area contributed by atoms with Crippen molar-refractivity contribution in [3.8, 4) is 11.5 Å². The SMILES string of the molecule is COC(=O)C1OC(OC(=O)NCCCCCCOP(OC2C(OC)[C@H](n3ccc(=O)[nH]c3=O)O[C@@H]2COC(c2ccccc2)(c2ccc(OC)cc2)c2ccc(OC)cc2)N(C(C)C)C(C)C)C(OC(C)=O)(OC(C)=O)CC1OC(C)=O. The molecule has 0 radical (unpaired) electrons. The lowest BCUT2D eigenvalue weighted by molar-refractivity contribution is -0.356. The van der Waals surface area contributed by atoms with Gasteiger partial charge in [-0.05, 0) is 81.5 Å². The molecule has 25 heteroatoms. The van der Waals surface area contributed by atoms with Gasteiger partial charge in [-0.2, -0.15) is 0 Å². The van der Waals surface area contributed by atoms with Crippen LogP contribution in [0.3, 0.4) is 0 Å². The van der Waals surface area contributed by atoms with E-state index in [1.165, 1.54) is 23.9 Å². The fourth-order valence-corrected chi connectivity index (χ4v) is 11.7. The van der Waals surface area contributed by atoms with Gasteiger partial charge in [-0.15, -0.1) is 0 Å². The standard InChI is InChI=1S/C57H75N4O20P/c1-35(2)61(36(3)4)82(74-32-18-13-12-17-30-58-55(68)78-53-56(79-38(6)63,80-39(7)64)33-45(75-37(5)62)49(77-53)52(66)72-11)81-48-46(76-51(50(48)71-10)60-31-29-47(65)59-54(60)67)34-73-57(40-19-15-14-16-20-40,41-21-25-43(69-8)26-22-41)42-23-27-44(70-9)28-24-42/h14-16,19-29,31,35-36,45-46,48-51,53H,12-13,17-18,30,32-34H2,1-11H3,(H,58,68)(H,59,65,67)/t45?,46-,48?,49?,50?,51-,53?,82?/m1/s1. The number of nitrogens with one attached hydrogen (secondary N) is 2. The summed E-state index contributed by atoms with van der Waals surface area (Å²) in [5, 5.41) is 2.60. The average Bonchev–Trinajstić information content (AvgIpc) is 2.33. The van der Waals surface area contributed by atoms with Gasteiger partial charge in [0.05, 0.1) is 41.0 Å². The molecule has 3 heterocycles. The highest BCUT2D eigenvalue weighted by molar-refractivity contribution is 7.44. The molecule has 0 aliphatic carbocycles. The van der Waals surface area contributed by atoms with E-state index in [1.807, 2.05) is 107 Å². The summed E-state index contributed by atoms with van der Waals surface area (Å²) in [5.41, 5.74) is -0.217. The van der Waals surface area contributed by atoms with Crippen molar-refractivity contribution < 1.29 is 85.1 Å². The van der Waals surface area contributed by atoms with Crippen molar-refractivity contribution in [2.45, 2.75) is 147 Å². The molecular weight excluding hydrogens is 1090 g/mol. The van der Waals surface area contributed by atoms with Crippen molar-refractivity contribution in [1.29, 1.82) is 0 Å². The fraction of sp³-hybridized carbons (Fsp3) is 0.526. The third-order valence-electron chi connectivity index (χ3n) is 13.4.